The summed E-state index contributed by atoms with van der Waals surface area (Å²) in [6.45, 7) is 4.14. The number of carbonyl (C=O) groups is 2. The summed E-state index contributed by atoms with van der Waals surface area (Å²) in [6, 6.07) is 3.08. The quantitative estimate of drug-likeness (QED) is 0.847. The summed E-state index contributed by atoms with van der Waals surface area (Å²) in [7, 11) is 0. The molecule has 0 bridgehead atoms. The van der Waals surface area contributed by atoms with E-state index in [1.54, 1.807) is 30.1 Å². The SMILES string of the molecule is CC(C)[C@H](NC(=O)N(Cc1cccs1)C1CC1)C(=O)O. The Morgan fingerprint density at radius 2 is 2.20 bits per heavy atom. The van der Waals surface area contributed by atoms with Gasteiger partial charge in [0.1, 0.15) is 6.04 Å². The molecule has 1 heterocycles. The summed E-state index contributed by atoms with van der Waals surface area (Å²) in [5, 5.41) is 13.8. The Kier molecular flexibility index (Phi) is 4.65. The van der Waals surface area contributed by atoms with E-state index in [9.17, 15) is 9.59 Å². The van der Waals surface area contributed by atoms with E-state index in [0.717, 1.165) is 17.7 Å². The summed E-state index contributed by atoms with van der Waals surface area (Å²) >= 11 is 1.61. The maximum atomic E-state index is 12.3. The first-order valence-corrected chi connectivity index (χ1v) is 7.69. The lowest BCUT2D eigenvalue weighted by Crippen LogP contribution is -2.50. The molecule has 0 aliphatic heterocycles. The van der Waals surface area contributed by atoms with Crippen LogP contribution in [-0.4, -0.2) is 34.1 Å². The van der Waals surface area contributed by atoms with Crippen molar-refractivity contribution in [1.29, 1.82) is 0 Å². The zero-order valence-electron chi connectivity index (χ0n) is 11.7. The molecule has 2 amide bonds. The maximum absolute atomic E-state index is 12.3. The molecule has 1 fully saturated rings. The Morgan fingerprint density at radius 1 is 1.50 bits per heavy atom. The summed E-state index contributed by atoms with van der Waals surface area (Å²) in [5.41, 5.74) is 0. The van der Waals surface area contributed by atoms with Crippen molar-refractivity contribution in [2.24, 2.45) is 5.92 Å². The fourth-order valence-corrected chi connectivity index (χ4v) is 2.76. The number of urea groups is 1. The van der Waals surface area contributed by atoms with Gasteiger partial charge in [0, 0.05) is 10.9 Å². The number of thiophene rings is 1. The molecule has 6 heteroatoms. The molecular weight excluding hydrogens is 276 g/mol. The maximum Gasteiger partial charge on any atom is 0.326 e. The number of nitrogens with one attached hydrogen (secondary N) is 1. The van der Waals surface area contributed by atoms with Gasteiger partial charge in [0.05, 0.1) is 6.54 Å². The van der Waals surface area contributed by atoms with Gasteiger partial charge in [-0.05, 0) is 30.2 Å². The van der Waals surface area contributed by atoms with E-state index in [4.69, 9.17) is 5.11 Å². The van der Waals surface area contributed by atoms with E-state index in [-0.39, 0.29) is 18.0 Å². The lowest BCUT2D eigenvalue weighted by atomic mass is 10.1. The lowest BCUT2D eigenvalue weighted by molar-refractivity contribution is -0.140. The average molecular weight is 296 g/mol. The summed E-state index contributed by atoms with van der Waals surface area (Å²) in [4.78, 5) is 26.4. The largest absolute Gasteiger partial charge is 0.480 e. The molecule has 2 N–H and O–H groups in total. The molecule has 1 atom stereocenters. The number of nitrogens with zero attached hydrogens (tertiary/aromatic N) is 1. The second kappa shape index (κ2) is 6.26. The Labute approximate surface area is 122 Å². The van der Waals surface area contributed by atoms with Crippen molar-refractivity contribution in [3.8, 4) is 0 Å². The normalized spacial score (nSPS) is 15.9. The molecule has 0 spiro atoms. The molecule has 0 unspecified atom stereocenters. The van der Waals surface area contributed by atoms with E-state index in [1.807, 2.05) is 17.5 Å². The van der Waals surface area contributed by atoms with Crippen LogP contribution in [0.2, 0.25) is 0 Å². The molecule has 1 aliphatic carbocycles. The second-order valence-electron chi connectivity index (χ2n) is 5.45. The Morgan fingerprint density at radius 3 is 2.65 bits per heavy atom. The first kappa shape index (κ1) is 14.8. The molecular formula is C14H20N2O3S. The van der Waals surface area contributed by atoms with Crippen molar-refractivity contribution in [1.82, 2.24) is 10.2 Å². The van der Waals surface area contributed by atoms with E-state index >= 15 is 0 Å². The second-order valence-corrected chi connectivity index (χ2v) is 6.48. The number of carbonyl (C=O) groups excluding carboxylic acids is 1. The highest BCUT2D eigenvalue weighted by Crippen LogP contribution is 2.29. The van der Waals surface area contributed by atoms with Crippen LogP contribution in [0.5, 0.6) is 0 Å². The number of carboxylic acids is 1. The highest BCUT2D eigenvalue weighted by Gasteiger charge is 2.35. The molecule has 2 rings (SSSR count). The zero-order chi connectivity index (χ0) is 14.7. The van der Waals surface area contributed by atoms with Gasteiger partial charge in [0.25, 0.3) is 0 Å². The van der Waals surface area contributed by atoms with Crippen LogP contribution < -0.4 is 5.32 Å². The molecule has 5 nitrogen and oxygen atoms in total. The molecule has 1 saturated carbocycles. The van der Waals surface area contributed by atoms with Gasteiger partial charge in [-0.25, -0.2) is 9.59 Å². The van der Waals surface area contributed by atoms with Crippen LogP contribution in [0.15, 0.2) is 17.5 Å². The number of hydrogen-bond acceptors (Lipinski definition) is 3. The third-order valence-electron chi connectivity index (χ3n) is 3.37. The molecule has 0 radical (unpaired) electrons. The Balaban J connectivity index is 2.01. The van der Waals surface area contributed by atoms with Gasteiger partial charge < -0.3 is 15.3 Å². The first-order valence-electron chi connectivity index (χ1n) is 6.81. The first-order chi connectivity index (χ1) is 9.49. The van der Waals surface area contributed by atoms with Crippen molar-refractivity contribution in [3.05, 3.63) is 22.4 Å². The molecule has 1 aromatic heterocycles. The van der Waals surface area contributed by atoms with Crippen molar-refractivity contribution in [3.63, 3.8) is 0 Å². The highest BCUT2D eigenvalue weighted by molar-refractivity contribution is 7.09. The third-order valence-corrected chi connectivity index (χ3v) is 4.23. The zero-order valence-corrected chi connectivity index (χ0v) is 12.5. The number of hydrogen-bond donors (Lipinski definition) is 2. The van der Waals surface area contributed by atoms with Crippen LogP contribution >= 0.6 is 11.3 Å². The average Bonchev–Trinajstić information content (AvgIpc) is 3.09. The van der Waals surface area contributed by atoms with Crippen LogP contribution in [0.1, 0.15) is 31.6 Å². The molecule has 1 aliphatic rings. The number of amides is 2. The van der Waals surface area contributed by atoms with E-state index in [1.165, 1.54) is 0 Å². The summed E-state index contributed by atoms with van der Waals surface area (Å²) in [5.74, 6) is -1.13. The number of aliphatic carboxylic acids is 1. The van der Waals surface area contributed by atoms with E-state index in [0.29, 0.717) is 6.54 Å². The van der Waals surface area contributed by atoms with Gasteiger partial charge in [-0.1, -0.05) is 19.9 Å². The number of carboxylic acid groups (broad SMARTS) is 1. The van der Waals surface area contributed by atoms with Crippen LogP contribution in [0.4, 0.5) is 4.79 Å². The van der Waals surface area contributed by atoms with Crippen molar-refractivity contribution in [2.75, 3.05) is 0 Å². The molecule has 0 saturated heterocycles. The minimum atomic E-state index is -0.986. The monoisotopic (exact) mass is 296 g/mol. The van der Waals surface area contributed by atoms with E-state index < -0.39 is 12.0 Å². The van der Waals surface area contributed by atoms with Gasteiger partial charge in [-0.15, -0.1) is 11.3 Å². The Bertz CT molecular complexity index is 469. The predicted molar refractivity (Wildman–Crippen MR) is 77.7 cm³/mol. The van der Waals surface area contributed by atoms with Gasteiger partial charge in [0.2, 0.25) is 0 Å². The van der Waals surface area contributed by atoms with Crippen molar-refractivity contribution < 1.29 is 14.7 Å². The topological polar surface area (TPSA) is 69.6 Å². The van der Waals surface area contributed by atoms with Gasteiger partial charge >= 0.3 is 12.0 Å². The molecule has 1 aromatic rings. The van der Waals surface area contributed by atoms with Crippen LogP contribution in [0.25, 0.3) is 0 Å². The van der Waals surface area contributed by atoms with Crippen molar-refractivity contribution in [2.45, 2.75) is 45.3 Å². The predicted octanol–water partition coefficient (Wildman–Crippen LogP) is 2.53. The van der Waals surface area contributed by atoms with Gasteiger partial charge in [0.15, 0.2) is 0 Å². The van der Waals surface area contributed by atoms with Gasteiger partial charge in [-0.3, -0.25) is 0 Å². The van der Waals surface area contributed by atoms with Crippen molar-refractivity contribution >= 4 is 23.3 Å². The minimum Gasteiger partial charge on any atom is -0.480 e. The fraction of sp³-hybridized carbons (Fsp3) is 0.571. The van der Waals surface area contributed by atoms with Crippen LogP contribution in [0, 0.1) is 5.92 Å². The summed E-state index contributed by atoms with van der Waals surface area (Å²) in [6.07, 6.45) is 2.00. The highest BCUT2D eigenvalue weighted by atomic mass is 32.1. The standard InChI is InChI=1S/C14H20N2O3S/c1-9(2)12(13(17)18)15-14(19)16(10-5-6-10)8-11-4-3-7-20-11/h3-4,7,9-10,12H,5-6,8H2,1-2H3,(H,15,19)(H,17,18)/t12-/m0/s1. The summed E-state index contributed by atoms with van der Waals surface area (Å²) < 4.78 is 0. The smallest absolute Gasteiger partial charge is 0.326 e. The molecule has 0 aromatic carbocycles. The van der Waals surface area contributed by atoms with Gasteiger partial charge in [-0.2, -0.15) is 0 Å². The van der Waals surface area contributed by atoms with E-state index in [2.05, 4.69) is 5.32 Å². The molecule has 110 valence electrons. The third kappa shape index (κ3) is 3.72. The van der Waals surface area contributed by atoms with Crippen LogP contribution in [-0.2, 0) is 11.3 Å². The van der Waals surface area contributed by atoms with Crippen LogP contribution in [0.3, 0.4) is 0 Å². The Hall–Kier alpha value is -1.56. The minimum absolute atomic E-state index is 0.140. The lowest BCUT2D eigenvalue weighted by Gasteiger charge is -2.26. The number of rotatable bonds is 6. The fourth-order valence-electron chi connectivity index (χ4n) is 2.05. The molecule has 20 heavy (non-hydrogen) atoms.